The summed E-state index contributed by atoms with van der Waals surface area (Å²) in [5.41, 5.74) is 1.40. The minimum Gasteiger partial charge on any atom is -0.441 e. The van der Waals surface area contributed by atoms with Gasteiger partial charge in [-0.1, -0.05) is 24.3 Å². The van der Waals surface area contributed by atoms with E-state index in [0.29, 0.717) is 22.3 Å². The minimum absolute atomic E-state index is 0.0579. The Morgan fingerprint density at radius 3 is 2.74 bits per heavy atom. The molecule has 1 aliphatic rings. The number of hydrogen-bond donors (Lipinski definition) is 1. The standard InChI is InChI=1S/C22H19N3O4S2/c1-14-17(24-20(29-14)15-6-3-2-4-7-15)13-19(26)23-9-10-25-21(27)18(31-22(25)28)12-16-8-5-11-30-16/h2-8,11-12H,9-10,13H2,1H3,(H,23,26)/b18-12-. The molecule has 0 radical (unpaired) electrons. The van der Waals surface area contributed by atoms with E-state index in [9.17, 15) is 14.4 Å². The first-order valence-electron chi connectivity index (χ1n) is 9.58. The van der Waals surface area contributed by atoms with Crippen molar-refractivity contribution in [2.75, 3.05) is 13.1 Å². The maximum Gasteiger partial charge on any atom is 0.293 e. The van der Waals surface area contributed by atoms with Crippen molar-refractivity contribution in [3.05, 3.63) is 69.1 Å². The summed E-state index contributed by atoms with van der Waals surface area (Å²) in [6.45, 7) is 2.05. The lowest BCUT2D eigenvalue weighted by atomic mass is 10.2. The van der Waals surface area contributed by atoms with E-state index >= 15 is 0 Å². The molecule has 1 N–H and O–H groups in total. The van der Waals surface area contributed by atoms with E-state index in [1.54, 1.807) is 13.0 Å². The van der Waals surface area contributed by atoms with Crippen LogP contribution in [0.4, 0.5) is 4.79 Å². The summed E-state index contributed by atoms with van der Waals surface area (Å²) in [7, 11) is 0. The number of benzene rings is 1. The number of amides is 3. The second-order valence-corrected chi connectivity index (χ2v) is 8.74. The number of nitrogens with one attached hydrogen (secondary N) is 1. The summed E-state index contributed by atoms with van der Waals surface area (Å²) < 4.78 is 5.67. The molecular formula is C22H19N3O4S2. The Labute approximate surface area is 187 Å². The average molecular weight is 454 g/mol. The molecule has 3 heterocycles. The van der Waals surface area contributed by atoms with E-state index in [2.05, 4.69) is 10.3 Å². The maximum absolute atomic E-state index is 12.5. The van der Waals surface area contributed by atoms with Gasteiger partial charge in [-0.25, -0.2) is 4.98 Å². The quantitative estimate of drug-likeness (QED) is 0.542. The predicted molar refractivity (Wildman–Crippen MR) is 120 cm³/mol. The Morgan fingerprint density at radius 2 is 2.00 bits per heavy atom. The molecule has 1 aliphatic heterocycles. The van der Waals surface area contributed by atoms with Gasteiger partial charge in [0.15, 0.2) is 0 Å². The first-order chi connectivity index (χ1) is 15.0. The predicted octanol–water partition coefficient (Wildman–Crippen LogP) is 4.11. The SMILES string of the molecule is Cc1oc(-c2ccccc2)nc1CC(=O)NCCN1C(=O)S/C(=C\c2cccs2)C1=O. The van der Waals surface area contributed by atoms with E-state index in [1.165, 1.54) is 11.3 Å². The van der Waals surface area contributed by atoms with Crippen LogP contribution in [0.5, 0.6) is 0 Å². The molecule has 2 aromatic heterocycles. The van der Waals surface area contributed by atoms with Gasteiger partial charge in [0.25, 0.3) is 11.1 Å². The summed E-state index contributed by atoms with van der Waals surface area (Å²) in [5, 5.41) is 4.32. The molecule has 0 unspecified atom stereocenters. The second-order valence-electron chi connectivity index (χ2n) is 6.76. The fraction of sp³-hybridized carbons (Fsp3) is 0.182. The third-order valence-electron chi connectivity index (χ3n) is 4.59. The van der Waals surface area contributed by atoms with Crippen LogP contribution < -0.4 is 5.32 Å². The van der Waals surface area contributed by atoms with Crippen LogP contribution in [0.3, 0.4) is 0 Å². The van der Waals surface area contributed by atoms with Crippen LogP contribution in [0.1, 0.15) is 16.3 Å². The first-order valence-corrected chi connectivity index (χ1v) is 11.3. The van der Waals surface area contributed by atoms with Crippen molar-refractivity contribution in [3.8, 4) is 11.5 Å². The number of carbonyl (C=O) groups excluding carboxylic acids is 3. The lowest BCUT2D eigenvalue weighted by Gasteiger charge is -2.12. The normalized spacial score (nSPS) is 15.1. The van der Waals surface area contributed by atoms with Gasteiger partial charge in [-0.05, 0) is 48.3 Å². The van der Waals surface area contributed by atoms with Crippen molar-refractivity contribution in [3.63, 3.8) is 0 Å². The molecule has 158 valence electrons. The number of imide groups is 1. The van der Waals surface area contributed by atoms with Gasteiger partial charge in [0.1, 0.15) is 5.76 Å². The van der Waals surface area contributed by atoms with E-state index in [1.807, 2.05) is 47.8 Å². The highest BCUT2D eigenvalue weighted by atomic mass is 32.2. The molecule has 3 aromatic rings. The van der Waals surface area contributed by atoms with Gasteiger partial charge in [-0.15, -0.1) is 11.3 Å². The molecule has 1 fully saturated rings. The summed E-state index contributed by atoms with van der Waals surface area (Å²) in [6, 6.07) is 13.2. The maximum atomic E-state index is 12.5. The third-order valence-corrected chi connectivity index (χ3v) is 6.32. The number of thioether (sulfide) groups is 1. The average Bonchev–Trinajstić information content (AvgIpc) is 3.46. The number of hydrogen-bond acceptors (Lipinski definition) is 7. The van der Waals surface area contributed by atoms with Crippen molar-refractivity contribution in [2.45, 2.75) is 13.3 Å². The van der Waals surface area contributed by atoms with Crippen LogP contribution in [0, 0.1) is 6.92 Å². The van der Waals surface area contributed by atoms with Gasteiger partial charge in [-0.3, -0.25) is 19.3 Å². The molecule has 0 spiro atoms. The third kappa shape index (κ3) is 4.95. The van der Waals surface area contributed by atoms with Crippen LogP contribution in [-0.2, 0) is 16.0 Å². The van der Waals surface area contributed by atoms with Gasteiger partial charge in [0.05, 0.1) is 17.0 Å². The van der Waals surface area contributed by atoms with Gasteiger partial charge in [0.2, 0.25) is 11.8 Å². The van der Waals surface area contributed by atoms with E-state index < -0.39 is 0 Å². The summed E-state index contributed by atoms with van der Waals surface area (Å²) in [4.78, 5) is 43.8. The van der Waals surface area contributed by atoms with Crippen LogP contribution >= 0.6 is 23.1 Å². The number of aromatic nitrogens is 1. The first kappa shape index (κ1) is 21.1. The molecule has 7 nitrogen and oxygen atoms in total. The lowest BCUT2D eigenvalue weighted by Crippen LogP contribution is -2.37. The molecule has 0 aliphatic carbocycles. The largest absolute Gasteiger partial charge is 0.441 e. The molecule has 9 heteroatoms. The van der Waals surface area contributed by atoms with Crippen LogP contribution in [0.25, 0.3) is 17.5 Å². The van der Waals surface area contributed by atoms with E-state index in [0.717, 1.165) is 27.1 Å². The highest BCUT2D eigenvalue weighted by molar-refractivity contribution is 8.18. The van der Waals surface area contributed by atoms with Gasteiger partial charge in [0, 0.05) is 23.5 Å². The number of carbonyl (C=O) groups is 3. The fourth-order valence-corrected chi connectivity index (χ4v) is 4.60. The minimum atomic E-state index is -0.336. The molecule has 3 amide bonds. The summed E-state index contributed by atoms with van der Waals surface area (Å²) in [6.07, 6.45) is 1.77. The Balaban J connectivity index is 1.30. The van der Waals surface area contributed by atoms with Crippen molar-refractivity contribution in [1.29, 1.82) is 0 Å². The van der Waals surface area contributed by atoms with Crippen molar-refractivity contribution < 1.29 is 18.8 Å². The number of thiophene rings is 1. The topological polar surface area (TPSA) is 92.5 Å². The molecule has 0 atom stereocenters. The van der Waals surface area contributed by atoms with Crippen molar-refractivity contribution in [2.24, 2.45) is 0 Å². The van der Waals surface area contributed by atoms with E-state index in [4.69, 9.17) is 4.42 Å². The number of aryl methyl sites for hydroxylation is 1. The Kier molecular flexibility index (Phi) is 6.34. The molecule has 1 aromatic carbocycles. The molecule has 0 saturated carbocycles. The molecule has 0 bridgehead atoms. The fourth-order valence-electron chi connectivity index (χ4n) is 3.01. The zero-order chi connectivity index (χ0) is 21.8. The monoisotopic (exact) mass is 453 g/mol. The Morgan fingerprint density at radius 1 is 1.19 bits per heavy atom. The van der Waals surface area contributed by atoms with Gasteiger partial charge < -0.3 is 9.73 Å². The van der Waals surface area contributed by atoms with Crippen LogP contribution in [-0.4, -0.2) is 40.0 Å². The Hall–Kier alpha value is -3.17. The van der Waals surface area contributed by atoms with Crippen molar-refractivity contribution >= 4 is 46.2 Å². The number of rotatable bonds is 7. The highest BCUT2D eigenvalue weighted by Crippen LogP contribution is 2.32. The van der Waals surface area contributed by atoms with Crippen molar-refractivity contribution in [1.82, 2.24) is 15.2 Å². The zero-order valence-corrected chi connectivity index (χ0v) is 18.3. The lowest BCUT2D eigenvalue weighted by molar-refractivity contribution is -0.124. The second kappa shape index (κ2) is 9.32. The highest BCUT2D eigenvalue weighted by Gasteiger charge is 2.34. The zero-order valence-electron chi connectivity index (χ0n) is 16.7. The molecule has 1 saturated heterocycles. The summed E-state index contributed by atoms with van der Waals surface area (Å²) >= 11 is 2.41. The smallest absolute Gasteiger partial charge is 0.293 e. The van der Waals surface area contributed by atoms with Gasteiger partial charge in [-0.2, -0.15) is 0 Å². The molecule has 31 heavy (non-hydrogen) atoms. The number of oxazole rings is 1. The Bertz CT molecular complexity index is 1140. The molecule has 4 rings (SSSR count). The van der Waals surface area contributed by atoms with Gasteiger partial charge >= 0.3 is 0 Å². The van der Waals surface area contributed by atoms with Crippen LogP contribution in [0.2, 0.25) is 0 Å². The number of nitrogens with zero attached hydrogens (tertiary/aromatic N) is 2. The molecular weight excluding hydrogens is 434 g/mol. The summed E-state index contributed by atoms with van der Waals surface area (Å²) in [5.74, 6) is 0.463. The van der Waals surface area contributed by atoms with E-state index in [-0.39, 0.29) is 36.6 Å². The van der Waals surface area contributed by atoms with Crippen LogP contribution in [0.15, 0.2) is 57.2 Å².